The molecule has 1 amide bonds. The Hall–Kier alpha value is -2.60. The fourth-order valence-corrected chi connectivity index (χ4v) is 2.25. The fourth-order valence-electron chi connectivity index (χ4n) is 2.25. The highest BCUT2D eigenvalue weighted by Crippen LogP contribution is 2.15. The lowest BCUT2D eigenvalue weighted by molar-refractivity contribution is -0.117. The summed E-state index contributed by atoms with van der Waals surface area (Å²) >= 11 is 0. The average molecular weight is 346 g/mol. The first kappa shape index (κ1) is 18.7. The average Bonchev–Trinajstić information content (AvgIpc) is 2.63. The van der Waals surface area contributed by atoms with Gasteiger partial charge in [-0.1, -0.05) is 6.92 Å². The molecule has 0 unspecified atom stereocenters. The molecule has 2 aromatic rings. The number of methoxy groups -OCH3 is 1. The summed E-state index contributed by atoms with van der Waals surface area (Å²) in [5.41, 5.74) is 0.726. The standard InChI is InChI=1S/C19H23FN2O3/c1-3-22(12-13-25-18-8-4-15(20)5-9-18)14-19(23)21-16-6-10-17(24-2)11-7-16/h4-11H,3,12-14H2,1-2H3,(H,21,23). The van der Waals surface area contributed by atoms with E-state index in [1.807, 2.05) is 11.8 Å². The highest BCUT2D eigenvalue weighted by Gasteiger charge is 2.09. The molecule has 2 rings (SSSR count). The summed E-state index contributed by atoms with van der Waals surface area (Å²) in [4.78, 5) is 14.1. The molecule has 6 heteroatoms. The largest absolute Gasteiger partial charge is 0.497 e. The van der Waals surface area contributed by atoms with Crippen LogP contribution in [-0.4, -0.2) is 44.2 Å². The van der Waals surface area contributed by atoms with Crippen LogP contribution in [0.3, 0.4) is 0 Å². The maximum atomic E-state index is 12.8. The van der Waals surface area contributed by atoms with Crippen molar-refractivity contribution in [1.82, 2.24) is 4.90 Å². The number of nitrogens with zero attached hydrogens (tertiary/aromatic N) is 1. The van der Waals surface area contributed by atoms with Crippen LogP contribution >= 0.6 is 0 Å². The predicted octanol–water partition coefficient (Wildman–Crippen LogP) is 3.17. The van der Waals surface area contributed by atoms with Crippen LogP contribution in [0.4, 0.5) is 10.1 Å². The second kappa shape index (κ2) is 9.64. The number of halogens is 1. The van der Waals surface area contributed by atoms with Gasteiger partial charge >= 0.3 is 0 Å². The first-order valence-corrected chi connectivity index (χ1v) is 8.15. The van der Waals surface area contributed by atoms with Crippen molar-refractivity contribution in [2.45, 2.75) is 6.92 Å². The number of amides is 1. The summed E-state index contributed by atoms with van der Waals surface area (Å²) in [6.07, 6.45) is 0. The first-order valence-electron chi connectivity index (χ1n) is 8.15. The van der Waals surface area contributed by atoms with Crippen molar-refractivity contribution < 1.29 is 18.7 Å². The zero-order chi connectivity index (χ0) is 18.1. The second-order valence-electron chi connectivity index (χ2n) is 5.45. The molecule has 1 N–H and O–H groups in total. The Kier molecular flexibility index (Phi) is 7.22. The Balaban J connectivity index is 1.75. The highest BCUT2D eigenvalue weighted by atomic mass is 19.1. The van der Waals surface area contributed by atoms with Crippen LogP contribution in [0.25, 0.3) is 0 Å². The van der Waals surface area contributed by atoms with E-state index in [1.54, 1.807) is 43.5 Å². The number of carbonyl (C=O) groups is 1. The molecule has 0 saturated carbocycles. The SMILES string of the molecule is CCN(CCOc1ccc(F)cc1)CC(=O)Nc1ccc(OC)cc1. The molecule has 0 fully saturated rings. The molecule has 0 aromatic heterocycles. The minimum absolute atomic E-state index is 0.0891. The maximum Gasteiger partial charge on any atom is 0.238 e. The van der Waals surface area contributed by atoms with Gasteiger partial charge in [-0.3, -0.25) is 9.69 Å². The summed E-state index contributed by atoms with van der Waals surface area (Å²) in [6, 6.07) is 13.1. The van der Waals surface area contributed by atoms with E-state index >= 15 is 0 Å². The van der Waals surface area contributed by atoms with Crippen LogP contribution in [-0.2, 0) is 4.79 Å². The maximum absolute atomic E-state index is 12.8. The number of rotatable bonds is 9. The van der Waals surface area contributed by atoms with E-state index in [0.29, 0.717) is 18.9 Å². The van der Waals surface area contributed by atoms with Gasteiger partial charge < -0.3 is 14.8 Å². The van der Waals surface area contributed by atoms with Gasteiger partial charge in [-0.05, 0) is 55.1 Å². The van der Waals surface area contributed by atoms with Gasteiger partial charge in [-0.15, -0.1) is 0 Å². The summed E-state index contributed by atoms with van der Waals surface area (Å²) in [7, 11) is 1.60. The van der Waals surface area contributed by atoms with Gasteiger partial charge in [0.25, 0.3) is 0 Å². The molecule has 0 saturated heterocycles. The van der Waals surface area contributed by atoms with E-state index in [4.69, 9.17) is 9.47 Å². The smallest absolute Gasteiger partial charge is 0.238 e. The quantitative estimate of drug-likeness (QED) is 0.758. The minimum Gasteiger partial charge on any atom is -0.497 e. The zero-order valence-corrected chi connectivity index (χ0v) is 14.5. The molecule has 0 heterocycles. The lowest BCUT2D eigenvalue weighted by Crippen LogP contribution is -2.35. The monoisotopic (exact) mass is 346 g/mol. The van der Waals surface area contributed by atoms with Crippen LogP contribution in [0.2, 0.25) is 0 Å². The number of benzene rings is 2. The van der Waals surface area contributed by atoms with Crippen molar-refractivity contribution in [2.24, 2.45) is 0 Å². The van der Waals surface area contributed by atoms with E-state index in [0.717, 1.165) is 18.0 Å². The Labute approximate surface area is 147 Å². The molecule has 5 nitrogen and oxygen atoms in total. The predicted molar refractivity (Wildman–Crippen MR) is 95.6 cm³/mol. The lowest BCUT2D eigenvalue weighted by atomic mass is 10.3. The van der Waals surface area contributed by atoms with Gasteiger partial charge in [0.1, 0.15) is 23.9 Å². The molecule has 134 valence electrons. The van der Waals surface area contributed by atoms with Gasteiger partial charge in [-0.25, -0.2) is 4.39 Å². The molecular weight excluding hydrogens is 323 g/mol. The topological polar surface area (TPSA) is 50.8 Å². The van der Waals surface area contributed by atoms with Crippen molar-refractivity contribution >= 4 is 11.6 Å². The second-order valence-corrected chi connectivity index (χ2v) is 5.45. The van der Waals surface area contributed by atoms with E-state index < -0.39 is 0 Å². The molecule has 0 bridgehead atoms. The first-order chi connectivity index (χ1) is 12.1. The number of hydrogen-bond donors (Lipinski definition) is 1. The van der Waals surface area contributed by atoms with Crippen LogP contribution < -0.4 is 14.8 Å². The Bertz CT molecular complexity index is 659. The van der Waals surface area contributed by atoms with E-state index in [9.17, 15) is 9.18 Å². The summed E-state index contributed by atoms with van der Waals surface area (Å²) < 4.78 is 23.5. The van der Waals surface area contributed by atoms with Crippen molar-refractivity contribution in [3.63, 3.8) is 0 Å². The number of anilines is 1. The molecule has 2 aromatic carbocycles. The normalized spacial score (nSPS) is 10.6. The van der Waals surface area contributed by atoms with Gasteiger partial charge in [0.05, 0.1) is 13.7 Å². The van der Waals surface area contributed by atoms with Crippen molar-refractivity contribution in [2.75, 3.05) is 38.7 Å². The minimum atomic E-state index is -0.294. The molecule has 0 aliphatic heterocycles. The number of carbonyl (C=O) groups excluding carboxylic acids is 1. The van der Waals surface area contributed by atoms with E-state index in [2.05, 4.69) is 5.32 Å². The highest BCUT2D eigenvalue weighted by molar-refractivity contribution is 5.92. The zero-order valence-electron chi connectivity index (χ0n) is 14.5. The summed E-state index contributed by atoms with van der Waals surface area (Å²) in [5, 5.41) is 2.85. The van der Waals surface area contributed by atoms with Crippen molar-refractivity contribution in [3.8, 4) is 11.5 Å². The lowest BCUT2D eigenvalue weighted by Gasteiger charge is -2.20. The summed E-state index contributed by atoms with van der Waals surface area (Å²) in [5.74, 6) is 0.970. The van der Waals surface area contributed by atoms with Gasteiger partial charge in [0, 0.05) is 12.2 Å². The number of hydrogen-bond acceptors (Lipinski definition) is 4. The fraction of sp³-hybridized carbons (Fsp3) is 0.316. The number of nitrogens with one attached hydrogen (secondary N) is 1. The molecule has 0 spiro atoms. The summed E-state index contributed by atoms with van der Waals surface area (Å²) in [6.45, 7) is 4.01. The van der Waals surface area contributed by atoms with Crippen molar-refractivity contribution in [3.05, 3.63) is 54.3 Å². The Morgan fingerprint density at radius 1 is 1.08 bits per heavy atom. The van der Waals surface area contributed by atoms with E-state index in [-0.39, 0.29) is 18.3 Å². The number of ether oxygens (including phenoxy) is 2. The van der Waals surface area contributed by atoms with Crippen molar-refractivity contribution in [1.29, 1.82) is 0 Å². The molecular formula is C19H23FN2O3. The van der Waals surface area contributed by atoms with Crippen LogP contribution in [0.5, 0.6) is 11.5 Å². The van der Waals surface area contributed by atoms with Gasteiger partial charge in [-0.2, -0.15) is 0 Å². The third kappa shape index (κ3) is 6.43. The molecule has 25 heavy (non-hydrogen) atoms. The van der Waals surface area contributed by atoms with Crippen LogP contribution in [0, 0.1) is 5.82 Å². The van der Waals surface area contributed by atoms with Gasteiger partial charge in [0.2, 0.25) is 5.91 Å². The molecule has 0 aliphatic rings. The molecule has 0 radical (unpaired) electrons. The Morgan fingerprint density at radius 3 is 2.32 bits per heavy atom. The Morgan fingerprint density at radius 2 is 1.72 bits per heavy atom. The van der Waals surface area contributed by atoms with Crippen LogP contribution in [0.15, 0.2) is 48.5 Å². The third-order valence-electron chi connectivity index (χ3n) is 3.68. The number of likely N-dealkylation sites (N-methyl/N-ethyl adjacent to an activating group) is 1. The molecule has 0 aliphatic carbocycles. The third-order valence-corrected chi connectivity index (χ3v) is 3.68. The van der Waals surface area contributed by atoms with Crippen LogP contribution in [0.1, 0.15) is 6.92 Å². The van der Waals surface area contributed by atoms with E-state index in [1.165, 1.54) is 12.1 Å². The molecule has 0 atom stereocenters. The van der Waals surface area contributed by atoms with Gasteiger partial charge in [0.15, 0.2) is 0 Å².